The number of ketones is 1. The third-order valence-electron chi connectivity index (χ3n) is 3.63. The van der Waals surface area contributed by atoms with E-state index >= 15 is 0 Å². The van der Waals surface area contributed by atoms with E-state index in [2.05, 4.69) is 12.1 Å². The summed E-state index contributed by atoms with van der Waals surface area (Å²) in [6, 6.07) is 10.3. The molecule has 0 aromatic heterocycles. The van der Waals surface area contributed by atoms with Crippen LogP contribution >= 0.6 is 23.5 Å². The first-order valence-electron chi connectivity index (χ1n) is 6.31. The lowest BCUT2D eigenvalue weighted by atomic mass is 10.0. The summed E-state index contributed by atoms with van der Waals surface area (Å²) in [7, 11) is 0. The Hall–Kier alpha value is -0.670. The van der Waals surface area contributed by atoms with Gasteiger partial charge in [-0.25, -0.2) is 0 Å². The monoisotopic (exact) mass is 276 g/mol. The molecule has 18 heavy (non-hydrogen) atoms. The van der Waals surface area contributed by atoms with E-state index in [1.165, 1.54) is 17.6 Å². The second-order valence-electron chi connectivity index (χ2n) is 4.78. The minimum atomic E-state index is -0.201. The number of hydrogen-bond acceptors (Lipinski definition) is 3. The van der Waals surface area contributed by atoms with Crippen molar-refractivity contribution in [2.24, 2.45) is 0 Å². The standard InChI is InChI=1S/C15H16OS2/c1-11-13(12-6-3-2-4-7-12)10-15(14(11)16)17-8-5-9-18-15/h2-4,6-7H,5,8-10H2,1H3. The van der Waals surface area contributed by atoms with E-state index in [9.17, 15) is 4.79 Å². The Morgan fingerprint density at radius 1 is 1.11 bits per heavy atom. The highest BCUT2D eigenvalue weighted by atomic mass is 32.2. The average molecular weight is 276 g/mol. The topological polar surface area (TPSA) is 17.1 Å². The maximum absolute atomic E-state index is 12.6. The highest BCUT2D eigenvalue weighted by molar-refractivity contribution is 8.20. The molecule has 1 saturated heterocycles. The molecular formula is C15H16OS2. The molecule has 3 rings (SSSR count). The minimum absolute atomic E-state index is 0.201. The lowest BCUT2D eigenvalue weighted by molar-refractivity contribution is -0.115. The van der Waals surface area contributed by atoms with E-state index in [1.807, 2.05) is 48.6 Å². The largest absolute Gasteiger partial charge is 0.292 e. The number of benzene rings is 1. The second kappa shape index (κ2) is 4.78. The molecule has 3 heteroatoms. The van der Waals surface area contributed by atoms with Gasteiger partial charge in [0.25, 0.3) is 0 Å². The summed E-state index contributed by atoms with van der Waals surface area (Å²) in [6.45, 7) is 2.00. The Balaban J connectivity index is 1.96. The van der Waals surface area contributed by atoms with Crippen molar-refractivity contribution >= 4 is 34.9 Å². The maximum atomic E-state index is 12.6. The summed E-state index contributed by atoms with van der Waals surface area (Å²) in [5.41, 5.74) is 3.44. The Morgan fingerprint density at radius 3 is 2.44 bits per heavy atom. The first kappa shape index (κ1) is 12.4. The van der Waals surface area contributed by atoms with Crippen molar-refractivity contribution in [2.75, 3.05) is 11.5 Å². The van der Waals surface area contributed by atoms with Crippen molar-refractivity contribution in [3.8, 4) is 0 Å². The van der Waals surface area contributed by atoms with Crippen molar-refractivity contribution < 1.29 is 4.79 Å². The fourth-order valence-corrected chi connectivity index (χ4v) is 5.95. The molecule has 0 unspecified atom stereocenters. The van der Waals surface area contributed by atoms with E-state index in [0.717, 1.165) is 23.5 Å². The van der Waals surface area contributed by atoms with Crippen molar-refractivity contribution in [2.45, 2.75) is 23.8 Å². The number of carbonyl (C=O) groups excluding carboxylic acids is 1. The second-order valence-corrected chi connectivity index (χ2v) is 7.82. The van der Waals surface area contributed by atoms with Crippen LogP contribution in [-0.4, -0.2) is 21.4 Å². The van der Waals surface area contributed by atoms with E-state index in [-0.39, 0.29) is 4.08 Å². The summed E-state index contributed by atoms with van der Waals surface area (Å²) in [4.78, 5) is 12.6. The van der Waals surface area contributed by atoms with Crippen molar-refractivity contribution in [3.63, 3.8) is 0 Å². The maximum Gasteiger partial charge on any atom is 0.185 e. The molecular weight excluding hydrogens is 260 g/mol. The first-order chi connectivity index (χ1) is 8.73. The Morgan fingerprint density at radius 2 is 1.78 bits per heavy atom. The van der Waals surface area contributed by atoms with Crippen LogP contribution in [0, 0.1) is 0 Å². The van der Waals surface area contributed by atoms with Gasteiger partial charge in [-0.2, -0.15) is 0 Å². The predicted octanol–water partition coefficient (Wildman–Crippen LogP) is 4.00. The number of hydrogen-bond donors (Lipinski definition) is 0. The predicted molar refractivity (Wildman–Crippen MR) is 80.9 cm³/mol. The zero-order valence-corrected chi connectivity index (χ0v) is 12.1. The molecule has 1 fully saturated rings. The first-order valence-corrected chi connectivity index (χ1v) is 8.28. The van der Waals surface area contributed by atoms with E-state index in [0.29, 0.717) is 5.78 Å². The summed E-state index contributed by atoms with van der Waals surface area (Å²) in [6.07, 6.45) is 2.13. The van der Waals surface area contributed by atoms with Gasteiger partial charge < -0.3 is 0 Å². The molecule has 1 aliphatic carbocycles. The summed E-state index contributed by atoms with van der Waals surface area (Å²) in [5.74, 6) is 2.60. The highest BCUT2D eigenvalue weighted by Crippen LogP contribution is 2.54. The van der Waals surface area contributed by atoms with Gasteiger partial charge in [-0.1, -0.05) is 30.3 Å². The Kier molecular flexibility index (Phi) is 3.29. The molecule has 0 radical (unpaired) electrons. The van der Waals surface area contributed by atoms with Gasteiger partial charge in [-0.15, -0.1) is 23.5 Å². The van der Waals surface area contributed by atoms with Gasteiger partial charge in [-0.3, -0.25) is 4.79 Å². The number of allylic oxidation sites excluding steroid dienone is 2. The Bertz CT molecular complexity index is 498. The van der Waals surface area contributed by atoms with Gasteiger partial charge in [0, 0.05) is 6.42 Å². The number of Topliss-reactive ketones (excluding diaryl/α,β-unsaturated/α-hetero) is 1. The fraction of sp³-hybridized carbons (Fsp3) is 0.400. The summed E-state index contributed by atoms with van der Waals surface area (Å²) < 4.78 is -0.201. The highest BCUT2D eigenvalue weighted by Gasteiger charge is 2.47. The third kappa shape index (κ3) is 1.94. The SMILES string of the molecule is CC1=C(c2ccccc2)CC2(SCCCS2)C1=O. The van der Waals surface area contributed by atoms with Crippen molar-refractivity contribution in [1.29, 1.82) is 0 Å². The smallest absolute Gasteiger partial charge is 0.185 e. The van der Waals surface area contributed by atoms with Crippen LogP contribution in [0.15, 0.2) is 35.9 Å². The summed E-state index contributed by atoms with van der Waals surface area (Å²) >= 11 is 3.71. The van der Waals surface area contributed by atoms with Crippen molar-refractivity contribution in [3.05, 3.63) is 41.5 Å². The molecule has 1 heterocycles. The molecule has 1 spiro atoms. The molecule has 2 aliphatic rings. The molecule has 1 aromatic carbocycles. The van der Waals surface area contributed by atoms with E-state index in [1.54, 1.807) is 0 Å². The van der Waals surface area contributed by atoms with Crippen LogP contribution in [0.5, 0.6) is 0 Å². The number of thioether (sulfide) groups is 2. The Labute approximate surface area is 116 Å². The van der Waals surface area contributed by atoms with Crippen LogP contribution in [0.25, 0.3) is 5.57 Å². The van der Waals surface area contributed by atoms with Gasteiger partial charge in [0.05, 0.1) is 0 Å². The van der Waals surface area contributed by atoms with Gasteiger partial charge in [0.15, 0.2) is 5.78 Å². The van der Waals surface area contributed by atoms with Crippen LogP contribution in [0.3, 0.4) is 0 Å². The average Bonchev–Trinajstić information content (AvgIpc) is 2.67. The van der Waals surface area contributed by atoms with Crippen LogP contribution in [0.4, 0.5) is 0 Å². The molecule has 1 aromatic rings. The zero-order chi connectivity index (χ0) is 12.6. The van der Waals surface area contributed by atoms with E-state index < -0.39 is 0 Å². The van der Waals surface area contributed by atoms with Gasteiger partial charge in [-0.05, 0) is 41.6 Å². The molecule has 0 saturated carbocycles. The normalized spacial score (nSPS) is 22.8. The fourth-order valence-electron chi connectivity index (χ4n) is 2.63. The summed E-state index contributed by atoms with van der Waals surface area (Å²) in [5, 5.41) is 0. The molecule has 94 valence electrons. The van der Waals surface area contributed by atoms with Crippen LogP contribution in [0.1, 0.15) is 25.3 Å². The zero-order valence-electron chi connectivity index (χ0n) is 10.4. The molecule has 1 nitrogen and oxygen atoms in total. The quantitative estimate of drug-likeness (QED) is 0.772. The van der Waals surface area contributed by atoms with Gasteiger partial charge >= 0.3 is 0 Å². The molecule has 0 N–H and O–H groups in total. The van der Waals surface area contributed by atoms with E-state index in [4.69, 9.17) is 0 Å². The lowest BCUT2D eigenvalue weighted by Crippen LogP contribution is -2.31. The van der Waals surface area contributed by atoms with Crippen molar-refractivity contribution in [1.82, 2.24) is 0 Å². The molecule has 1 aliphatic heterocycles. The van der Waals surface area contributed by atoms with Gasteiger partial charge in [0.2, 0.25) is 0 Å². The minimum Gasteiger partial charge on any atom is -0.292 e. The van der Waals surface area contributed by atoms with Crippen LogP contribution in [0.2, 0.25) is 0 Å². The molecule has 0 amide bonds. The van der Waals surface area contributed by atoms with Gasteiger partial charge in [0.1, 0.15) is 4.08 Å². The lowest BCUT2D eigenvalue weighted by Gasteiger charge is -2.30. The van der Waals surface area contributed by atoms with Crippen LogP contribution in [-0.2, 0) is 4.79 Å². The number of carbonyl (C=O) groups is 1. The molecule has 0 bridgehead atoms. The number of rotatable bonds is 1. The molecule has 0 atom stereocenters. The third-order valence-corrected chi connectivity index (χ3v) is 6.91. The van der Waals surface area contributed by atoms with Crippen LogP contribution < -0.4 is 0 Å².